The summed E-state index contributed by atoms with van der Waals surface area (Å²) in [6.45, 7) is 0. The zero-order chi connectivity index (χ0) is 35.3. The van der Waals surface area contributed by atoms with Crippen molar-refractivity contribution >= 4 is 87.0 Å². The minimum Gasteiger partial charge on any atom is -0.456 e. The molecule has 0 amide bonds. The molecule has 0 saturated heterocycles. The Hall–Kier alpha value is -7.16. The molecule has 0 unspecified atom stereocenters. The average molecular weight is 687 g/mol. The van der Waals surface area contributed by atoms with Crippen LogP contribution in [0.5, 0.6) is 0 Å². The minimum absolute atomic E-state index is 0.874. The van der Waals surface area contributed by atoms with Gasteiger partial charge in [0.1, 0.15) is 22.3 Å². The molecule has 0 N–H and O–H groups in total. The van der Waals surface area contributed by atoms with Gasteiger partial charge in [-0.25, -0.2) is 0 Å². The minimum atomic E-state index is 0.874. The van der Waals surface area contributed by atoms with Crippen LogP contribution in [-0.2, 0) is 0 Å². The fourth-order valence-electron chi connectivity index (χ4n) is 9.13. The molecule has 0 fully saturated rings. The summed E-state index contributed by atoms with van der Waals surface area (Å²) in [5.74, 6) is 0. The van der Waals surface area contributed by atoms with E-state index in [1.54, 1.807) is 0 Å². The van der Waals surface area contributed by atoms with Crippen molar-refractivity contribution in [2.75, 3.05) is 0 Å². The standard InChI is InChI=1S/C52H30O2/c1-2-13-33-31(12-1)24-26-36-35(33)20-11-21-39(36)49-40-15-3-5-17-42(40)50(43-18-6-4-16-41(43)49)45-29-28-34(51-44-19-8-10-23-47(44)54-52(45)51)32-25-27-38-37-14-7-9-22-46(37)53-48(38)30-32/h1-30H. The van der Waals surface area contributed by atoms with Crippen LogP contribution >= 0.6 is 0 Å². The van der Waals surface area contributed by atoms with Crippen LogP contribution in [0, 0.1) is 0 Å². The van der Waals surface area contributed by atoms with Crippen LogP contribution in [-0.4, -0.2) is 0 Å². The van der Waals surface area contributed by atoms with Crippen LogP contribution in [0.25, 0.3) is 120 Å². The molecule has 0 aliphatic heterocycles. The van der Waals surface area contributed by atoms with Gasteiger partial charge in [0.05, 0.1) is 0 Å². The van der Waals surface area contributed by atoms with Crippen molar-refractivity contribution in [1.82, 2.24) is 0 Å². The molecule has 250 valence electrons. The van der Waals surface area contributed by atoms with Gasteiger partial charge >= 0.3 is 0 Å². The molecule has 2 heterocycles. The van der Waals surface area contributed by atoms with Crippen LogP contribution in [0.15, 0.2) is 191 Å². The molecule has 12 aromatic rings. The van der Waals surface area contributed by atoms with Gasteiger partial charge < -0.3 is 8.83 Å². The van der Waals surface area contributed by atoms with E-state index in [2.05, 4.69) is 170 Å². The Kier molecular flexibility index (Phi) is 6.09. The van der Waals surface area contributed by atoms with E-state index in [0.29, 0.717) is 0 Å². The number of hydrogen-bond donors (Lipinski definition) is 0. The Morgan fingerprint density at radius 3 is 1.56 bits per heavy atom. The van der Waals surface area contributed by atoms with Crippen LogP contribution in [0.3, 0.4) is 0 Å². The van der Waals surface area contributed by atoms with Gasteiger partial charge in [-0.2, -0.15) is 0 Å². The second kappa shape index (κ2) is 11.2. The van der Waals surface area contributed by atoms with Crippen molar-refractivity contribution in [3.63, 3.8) is 0 Å². The van der Waals surface area contributed by atoms with E-state index < -0.39 is 0 Å². The summed E-state index contributed by atoms with van der Waals surface area (Å²) in [6.07, 6.45) is 0. The Bertz CT molecular complexity index is 3450. The second-order valence-corrected chi connectivity index (χ2v) is 14.3. The van der Waals surface area contributed by atoms with E-state index in [0.717, 1.165) is 60.6 Å². The van der Waals surface area contributed by atoms with E-state index in [9.17, 15) is 0 Å². The third-order valence-electron chi connectivity index (χ3n) is 11.5. The lowest BCUT2D eigenvalue weighted by molar-refractivity contribution is 0.668. The van der Waals surface area contributed by atoms with Gasteiger partial charge in [-0.3, -0.25) is 0 Å². The number of furan rings is 2. The number of rotatable bonds is 3. The van der Waals surface area contributed by atoms with Crippen molar-refractivity contribution < 1.29 is 8.83 Å². The van der Waals surface area contributed by atoms with Gasteiger partial charge in [0.2, 0.25) is 0 Å². The fourth-order valence-corrected chi connectivity index (χ4v) is 9.13. The van der Waals surface area contributed by atoms with Crippen LogP contribution in [0.1, 0.15) is 0 Å². The lowest BCUT2D eigenvalue weighted by Crippen LogP contribution is -1.92. The molecule has 2 aromatic heterocycles. The lowest BCUT2D eigenvalue weighted by Gasteiger charge is -2.19. The predicted octanol–water partition coefficient (Wildman–Crippen LogP) is 15.1. The highest BCUT2D eigenvalue weighted by Gasteiger charge is 2.23. The second-order valence-electron chi connectivity index (χ2n) is 14.3. The fraction of sp³-hybridized carbons (Fsp3) is 0. The van der Waals surface area contributed by atoms with Gasteiger partial charge in [-0.15, -0.1) is 0 Å². The summed E-state index contributed by atoms with van der Waals surface area (Å²) >= 11 is 0. The Labute approximate surface area is 310 Å². The number of benzene rings is 10. The highest BCUT2D eigenvalue weighted by molar-refractivity contribution is 6.27. The molecule has 2 heteroatoms. The molecule has 0 aliphatic rings. The van der Waals surface area contributed by atoms with Crippen molar-refractivity contribution in [2.45, 2.75) is 0 Å². The maximum Gasteiger partial charge on any atom is 0.143 e. The van der Waals surface area contributed by atoms with E-state index in [1.807, 2.05) is 12.1 Å². The summed E-state index contributed by atoms with van der Waals surface area (Å²) < 4.78 is 13.3. The quantitative estimate of drug-likeness (QED) is 0.137. The molecule has 0 saturated carbocycles. The van der Waals surface area contributed by atoms with Crippen molar-refractivity contribution in [3.05, 3.63) is 182 Å². The molecule has 0 aliphatic carbocycles. The molecule has 0 bridgehead atoms. The SMILES string of the molecule is c1ccc2c(c1)ccc1c(-c3c4ccccc4c(-c4ccc(-c5ccc6c(c5)oc5ccccc56)c5c4oc4ccccc45)c4ccccc34)cccc12. The molecular formula is C52H30O2. The van der Waals surface area contributed by atoms with Gasteiger partial charge in [0, 0.05) is 32.7 Å². The largest absolute Gasteiger partial charge is 0.456 e. The maximum atomic E-state index is 6.92. The molecule has 0 spiro atoms. The van der Waals surface area contributed by atoms with Crippen LogP contribution < -0.4 is 0 Å². The molecule has 0 radical (unpaired) electrons. The van der Waals surface area contributed by atoms with Crippen molar-refractivity contribution in [2.24, 2.45) is 0 Å². The number of fused-ring (bicyclic) bond motifs is 11. The first-order valence-corrected chi connectivity index (χ1v) is 18.5. The normalized spacial score (nSPS) is 12.1. The first-order valence-electron chi connectivity index (χ1n) is 18.5. The monoisotopic (exact) mass is 686 g/mol. The maximum absolute atomic E-state index is 6.92. The van der Waals surface area contributed by atoms with Gasteiger partial charge in [0.25, 0.3) is 0 Å². The number of para-hydroxylation sites is 2. The van der Waals surface area contributed by atoms with E-state index in [4.69, 9.17) is 8.83 Å². The summed E-state index contributed by atoms with van der Waals surface area (Å²) in [4.78, 5) is 0. The third kappa shape index (κ3) is 4.11. The van der Waals surface area contributed by atoms with Crippen LogP contribution in [0.2, 0.25) is 0 Å². The first kappa shape index (κ1) is 29.4. The van der Waals surface area contributed by atoms with Crippen LogP contribution in [0.4, 0.5) is 0 Å². The van der Waals surface area contributed by atoms with Crippen molar-refractivity contribution in [3.8, 4) is 33.4 Å². The Morgan fingerprint density at radius 2 is 0.815 bits per heavy atom. The summed E-state index contributed by atoms with van der Waals surface area (Å²) in [7, 11) is 0. The number of hydrogen-bond acceptors (Lipinski definition) is 2. The first-order chi connectivity index (χ1) is 26.8. The van der Waals surface area contributed by atoms with Gasteiger partial charge in [0.15, 0.2) is 0 Å². The lowest BCUT2D eigenvalue weighted by atomic mass is 9.83. The van der Waals surface area contributed by atoms with Crippen molar-refractivity contribution in [1.29, 1.82) is 0 Å². The molecule has 0 atom stereocenters. The molecular weight excluding hydrogens is 657 g/mol. The Morgan fingerprint density at radius 1 is 0.278 bits per heavy atom. The zero-order valence-electron chi connectivity index (χ0n) is 29.1. The summed E-state index contributed by atoms with van der Waals surface area (Å²) in [5.41, 5.74) is 10.5. The van der Waals surface area contributed by atoms with E-state index in [1.165, 1.54) is 59.8 Å². The molecule has 10 aromatic carbocycles. The smallest absolute Gasteiger partial charge is 0.143 e. The molecule has 54 heavy (non-hydrogen) atoms. The predicted molar refractivity (Wildman–Crippen MR) is 227 cm³/mol. The molecule has 2 nitrogen and oxygen atoms in total. The summed E-state index contributed by atoms with van der Waals surface area (Å²) in [6, 6.07) is 65.5. The van der Waals surface area contributed by atoms with Gasteiger partial charge in [-0.1, -0.05) is 152 Å². The zero-order valence-corrected chi connectivity index (χ0v) is 29.1. The topological polar surface area (TPSA) is 26.3 Å². The average Bonchev–Trinajstić information content (AvgIpc) is 3.81. The van der Waals surface area contributed by atoms with E-state index in [-0.39, 0.29) is 0 Å². The summed E-state index contributed by atoms with van der Waals surface area (Å²) in [5, 5.41) is 14.3. The van der Waals surface area contributed by atoms with E-state index >= 15 is 0 Å². The highest BCUT2D eigenvalue weighted by atomic mass is 16.3. The molecule has 12 rings (SSSR count). The highest BCUT2D eigenvalue weighted by Crippen LogP contribution is 2.49. The van der Waals surface area contributed by atoms with Gasteiger partial charge in [-0.05, 0) is 95.7 Å². The third-order valence-corrected chi connectivity index (χ3v) is 11.5. The Balaban J connectivity index is 1.16.